The molecule has 0 amide bonds. The molecular weight excluding hydrogens is 514 g/mol. The molecule has 0 radical (unpaired) electrons. The normalized spacial score (nSPS) is 12.7. The quantitative estimate of drug-likeness (QED) is 0.251. The molecule has 0 saturated heterocycles. The molecule has 0 fully saturated rings. The van der Waals surface area contributed by atoms with E-state index in [9.17, 15) is 10.1 Å². The van der Waals surface area contributed by atoms with E-state index < -0.39 is 0 Å². The van der Waals surface area contributed by atoms with E-state index in [-0.39, 0.29) is 5.97 Å². The summed E-state index contributed by atoms with van der Waals surface area (Å²) in [6.45, 7) is 8.87. The Labute approximate surface area is 240 Å². The Morgan fingerprint density at radius 3 is 2.44 bits per heavy atom. The van der Waals surface area contributed by atoms with Crippen molar-refractivity contribution in [1.29, 1.82) is 5.26 Å². The van der Waals surface area contributed by atoms with Crippen LogP contribution in [0.3, 0.4) is 0 Å². The first-order chi connectivity index (χ1) is 19.9. The maximum absolute atomic E-state index is 12.0. The number of aromatic nitrogens is 2. The lowest BCUT2D eigenvalue weighted by Gasteiger charge is -2.29. The Balaban J connectivity index is 1.41. The molecule has 2 heterocycles. The molecule has 0 bridgehead atoms. The lowest BCUT2D eigenvalue weighted by atomic mass is 10.0. The van der Waals surface area contributed by atoms with Gasteiger partial charge in [0.1, 0.15) is 5.75 Å². The van der Waals surface area contributed by atoms with Crippen LogP contribution in [0.5, 0.6) is 11.6 Å². The van der Waals surface area contributed by atoms with Crippen molar-refractivity contribution < 1.29 is 14.3 Å². The van der Waals surface area contributed by atoms with Gasteiger partial charge in [0.15, 0.2) is 0 Å². The second-order valence-electron chi connectivity index (χ2n) is 10.1. The number of aryl methyl sites for hydroxylation is 2. The number of anilines is 1. The fraction of sp³-hybridized carbons (Fsp3) is 0.273. The van der Waals surface area contributed by atoms with Gasteiger partial charge in [-0.25, -0.2) is 9.78 Å². The molecule has 0 spiro atoms. The molecule has 0 saturated carbocycles. The molecule has 1 aliphatic rings. The number of esters is 1. The molecular formula is C33H33N5O3. The number of rotatable bonds is 9. The fourth-order valence-corrected chi connectivity index (χ4v) is 5.01. The predicted octanol–water partition coefficient (Wildman–Crippen LogP) is 6.10. The lowest BCUT2D eigenvalue weighted by molar-refractivity contribution is 0.0526. The Hall–Kier alpha value is -4.74. The van der Waals surface area contributed by atoms with Crippen molar-refractivity contribution in [2.24, 2.45) is 0 Å². The summed E-state index contributed by atoms with van der Waals surface area (Å²) in [5.74, 6) is 1.37. The third-order valence-electron chi connectivity index (χ3n) is 7.05. The van der Waals surface area contributed by atoms with E-state index >= 15 is 0 Å². The maximum atomic E-state index is 12.0. The maximum Gasteiger partial charge on any atom is 0.338 e. The second-order valence-corrected chi connectivity index (χ2v) is 10.1. The van der Waals surface area contributed by atoms with Crippen molar-refractivity contribution >= 4 is 11.9 Å². The van der Waals surface area contributed by atoms with Crippen LogP contribution in [0.2, 0.25) is 0 Å². The SMILES string of the molecule is CCOC(=O)c1ccc(CNc2nc3c(c(Oc4c(C)cc(C#N)cc4C)n2)CN(Cc2ccccc2)CC3)cc1. The van der Waals surface area contributed by atoms with Crippen LogP contribution in [0.15, 0.2) is 66.7 Å². The van der Waals surface area contributed by atoms with Crippen molar-refractivity contribution in [2.75, 3.05) is 18.5 Å². The van der Waals surface area contributed by atoms with E-state index in [1.54, 1.807) is 19.1 Å². The molecule has 5 rings (SSSR count). The summed E-state index contributed by atoms with van der Waals surface area (Å²) in [5.41, 5.74) is 7.04. The zero-order chi connectivity index (χ0) is 28.8. The molecule has 1 aromatic heterocycles. The number of ether oxygens (including phenoxy) is 2. The molecule has 1 aliphatic heterocycles. The first-order valence-corrected chi connectivity index (χ1v) is 13.8. The van der Waals surface area contributed by atoms with Crippen LogP contribution in [0, 0.1) is 25.2 Å². The van der Waals surface area contributed by atoms with Gasteiger partial charge < -0.3 is 14.8 Å². The van der Waals surface area contributed by atoms with Gasteiger partial charge in [-0.05, 0) is 67.3 Å². The van der Waals surface area contributed by atoms with Gasteiger partial charge in [-0.3, -0.25) is 4.90 Å². The molecule has 0 atom stereocenters. The number of fused-ring (bicyclic) bond motifs is 1. The van der Waals surface area contributed by atoms with Crippen LogP contribution in [0.4, 0.5) is 5.95 Å². The molecule has 8 heteroatoms. The minimum atomic E-state index is -0.332. The summed E-state index contributed by atoms with van der Waals surface area (Å²) >= 11 is 0. The number of nitrogens with zero attached hydrogens (tertiary/aromatic N) is 4. The highest BCUT2D eigenvalue weighted by Gasteiger charge is 2.25. The van der Waals surface area contributed by atoms with E-state index in [2.05, 4.69) is 40.6 Å². The molecule has 3 aromatic carbocycles. The molecule has 208 valence electrons. The number of benzene rings is 3. The lowest BCUT2D eigenvalue weighted by Crippen LogP contribution is -2.31. The van der Waals surface area contributed by atoms with Crippen LogP contribution in [-0.2, 0) is 30.8 Å². The van der Waals surface area contributed by atoms with Crippen molar-refractivity contribution in [2.45, 2.75) is 46.8 Å². The third-order valence-corrected chi connectivity index (χ3v) is 7.05. The molecule has 8 nitrogen and oxygen atoms in total. The zero-order valence-electron chi connectivity index (χ0n) is 23.6. The highest BCUT2D eigenvalue weighted by molar-refractivity contribution is 5.89. The molecule has 0 unspecified atom stereocenters. The number of hydrogen-bond donors (Lipinski definition) is 1. The first-order valence-electron chi connectivity index (χ1n) is 13.8. The minimum absolute atomic E-state index is 0.332. The van der Waals surface area contributed by atoms with Crippen molar-refractivity contribution in [3.63, 3.8) is 0 Å². The zero-order valence-corrected chi connectivity index (χ0v) is 23.6. The van der Waals surface area contributed by atoms with Gasteiger partial charge in [-0.1, -0.05) is 42.5 Å². The Bertz CT molecular complexity index is 1560. The van der Waals surface area contributed by atoms with E-state index in [1.807, 2.05) is 44.2 Å². The van der Waals surface area contributed by atoms with Crippen LogP contribution < -0.4 is 10.1 Å². The van der Waals surface area contributed by atoms with Gasteiger partial charge in [-0.2, -0.15) is 10.2 Å². The summed E-state index contributed by atoms with van der Waals surface area (Å²) < 4.78 is 11.6. The summed E-state index contributed by atoms with van der Waals surface area (Å²) in [6, 6.07) is 23.6. The van der Waals surface area contributed by atoms with Crippen LogP contribution in [-0.4, -0.2) is 34.0 Å². The van der Waals surface area contributed by atoms with Gasteiger partial charge in [0.25, 0.3) is 0 Å². The predicted molar refractivity (Wildman–Crippen MR) is 157 cm³/mol. The van der Waals surface area contributed by atoms with Crippen molar-refractivity contribution in [1.82, 2.24) is 14.9 Å². The van der Waals surface area contributed by atoms with Crippen LogP contribution in [0.25, 0.3) is 0 Å². The largest absolute Gasteiger partial charge is 0.462 e. The first kappa shape index (κ1) is 27.8. The van der Waals surface area contributed by atoms with Crippen molar-refractivity contribution in [3.05, 3.63) is 111 Å². The highest BCUT2D eigenvalue weighted by Crippen LogP contribution is 2.34. The number of carbonyl (C=O) groups excluding carboxylic acids is 1. The number of nitriles is 1. The van der Waals surface area contributed by atoms with Gasteiger partial charge in [0.2, 0.25) is 11.8 Å². The van der Waals surface area contributed by atoms with E-state index in [0.717, 1.165) is 47.5 Å². The summed E-state index contributed by atoms with van der Waals surface area (Å²) in [5, 5.41) is 12.7. The Morgan fingerprint density at radius 2 is 1.76 bits per heavy atom. The Kier molecular flexibility index (Phi) is 8.56. The van der Waals surface area contributed by atoms with Crippen LogP contribution in [0.1, 0.15) is 56.4 Å². The summed E-state index contributed by atoms with van der Waals surface area (Å²) in [6.07, 6.45) is 0.773. The molecule has 41 heavy (non-hydrogen) atoms. The van der Waals surface area contributed by atoms with Gasteiger partial charge in [0.05, 0.1) is 35.1 Å². The monoisotopic (exact) mass is 547 g/mol. The standard InChI is InChI=1S/C33H33N5O3/c1-4-40-32(39)27-12-10-24(11-13-27)19-35-33-36-29-14-15-38(20-25-8-6-5-7-9-25)21-28(29)31(37-33)41-30-22(2)16-26(18-34)17-23(30)3/h5-13,16-17H,4,14-15,19-21H2,1-3H3,(H,35,36,37). The molecule has 4 aromatic rings. The topological polar surface area (TPSA) is 100 Å². The average Bonchev–Trinajstić information content (AvgIpc) is 2.98. The molecule has 0 aliphatic carbocycles. The average molecular weight is 548 g/mol. The van der Waals surface area contributed by atoms with E-state index in [0.29, 0.717) is 48.4 Å². The summed E-state index contributed by atoms with van der Waals surface area (Å²) in [7, 11) is 0. The second kappa shape index (κ2) is 12.6. The summed E-state index contributed by atoms with van der Waals surface area (Å²) in [4.78, 5) is 24.0. The number of hydrogen-bond acceptors (Lipinski definition) is 8. The van der Waals surface area contributed by atoms with Gasteiger partial charge in [-0.15, -0.1) is 0 Å². The smallest absolute Gasteiger partial charge is 0.338 e. The van der Waals surface area contributed by atoms with E-state index in [1.165, 1.54) is 5.56 Å². The van der Waals surface area contributed by atoms with Crippen LogP contribution >= 0.6 is 0 Å². The van der Waals surface area contributed by atoms with Gasteiger partial charge in [0, 0.05) is 32.6 Å². The molecule has 1 N–H and O–H groups in total. The third kappa shape index (κ3) is 6.71. The van der Waals surface area contributed by atoms with E-state index in [4.69, 9.17) is 19.4 Å². The van der Waals surface area contributed by atoms with Crippen molar-refractivity contribution in [3.8, 4) is 17.7 Å². The fourth-order valence-electron chi connectivity index (χ4n) is 5.01. The minimum Gasteiger partial charge on any atom is -0.462 e. The number of nitrogens with one attached hydrogen (secondary N) is 1. The Morgan fingerprint density at radius 1 is 1.02 bits per heavy atom. The number of carbonyl (C=O) groups is 1. The highest BCUT2D eigenvalue weighted by atomic mass is 16.5. The van der Waals surface area contributed by atoms with Gasteiger partial charge >= 0.3 is 5.97 Å².